The van der Waals surface area contributed by atoms with E-state index in [0.717, 1.165) is 36.9 Å². The van der Waals surface area contributed by atoms with Gasteiger partial charge in [0.05, 0.1) is 12.1 Å². The number of likely N-dealkylation sites (N-methyl/N-ethyl adjacent to an activating group) is 1. The zero-order chi connectivity index (χ0) is 15.3. The van der Waals surface area contributed by atoms with Crippen molar-refractivity contribution in [3.8, 4) is 0 Å². The molecule has 1 aliphatic rings. The Labute approximate surface area is 126 Å². The number of carbonyl (C=O) groups is 1. The molecule has 5 heteroatoms. The van der Waals surface area contributed by atoms with Crippen LogP contribution in [0.2, 0.25) is 0 Å². The molecule has 1 aromatic rings. The van der Waals surface area contributed by atoms with Gasteiger partial charge in [0.15, 0.2) is 0 Å². The monoisotopic (exact) mass is 291 g/mol. The lowest BCUT2D eigenvalue weighted by Gasteiger charge is -2.28. The molecule has 0 spiro atoms. The zero-order valence-electron chi connectivity index (χ0n) is 12.6. The van der Waals surface area contributed by atoms with E-state index in [4.69, 9.17) is 5.73 Å². The number of hydrogen-bond donors (Lipinski definition) is 3. The highest BCUT2D eigenvalue weighted by atomic mass is 16.3. The van der Waals surface area contributed by atoms with Crippen LogP contribution in [0.15, 0.2) is 24.3 Å². The van der Waals surface area contributed by atoms with Crippen LogP contribution in [0.25, 0.3) is 0 Å². The summed E-state index contributed by atoms with van der Waals surface area (Å²) in [5.74, 6) is -0.0757. The second-order valence-corrected chi connectivity index (χ2v) is 6.06. The van der Waals surface area contributed by atoms with E-state index in [1.54, 1.807) is 0 Å². The minimum Gasteiger partial charge on any atom is -0.389 e. The number of benzene rings is 1. The average molecular weight is 291 g/mol. The number of nitrogens with zero attached hydrogens (tertiary/aromatic N) is 1. The fourth-order valence-electron chi connectivity index (χ4n) is 2.97. The molecule has 2 rings (SSSR count). The van der Waals surface area contributed by atoms with Gasteiger partial charge in [0.25, 0.3) is 0 Å². The predicted octanol–water partition coefficient (Wildman–Crippen LogP) is 1.32. The summed E-state index contributed by atoms with van der Waals surface area (Å²) in [6.07, 6.45) is 3.81. The smallest absolute Gasteiger partial charge is 0.238 e. The number of amides is 1. The normalized spacial score (nSPS) is 17.1. The molecule has 1 saturated carbocycles. The Hall–Kier alpha value is -1.43. The molecule has 1 fully saturated rings. The molecule has 1 amide bonds. The maximum absolute atomic E-state index is 12.0. The van der Waals surface area contributed by atoms with Gasteiger partial charge in [-0.25, -0.2) is 0 Å². The summed E-state index contributed by atoms with van der Waals surface area (Å²) >= 11 is 0. The molecule has 0 saturated heterocycles. The van der Waals surface area contributed by atoms with Gasteiger partial charge in [-0.3, -0.25) is 9.69 Å². The third kappa shape index (κ3) is 4.81. The molecule has 0 aromatic heterocycles. The van der Waals surface area contributed by atoms with Crippen molar-refractivity contribution in [3.05, 3.63) is 29.8 Å². The number of nitrogens with one attached hydrogen (secondary N) is 1. The van der Waals surface area contributed by atoms with E-state index in [1.165, 1.54) is 0 Å². The van der Waals surface area contributed by atoms with Gasteiger partial charge in [0, 0.05) is 18.8 Å². The lowest BCUT2D eigenvalue weighted by molar-refractivity contribution is -0.117. The molecular formula is C16H25N3O2. The first kappa shape index (κ1) is 15.9. The predicted molar refractivity (Wildman–Crippen MR) is 83.9 cm³/mol. The molecule has 0 heterocycles. The van der Waals surface area contributed by atoms with E-state index in [2.05, 4.69) is 5.32 Å². The van der Waals surface area contributed by atoms with Gasteiger partial charge in [0.1, 0.15) is 0 Å². The maximum Gasteiger partial charge on any atom is 0.238 e. The van der Waals surface area contributed by atoms with E-state index < -0.39 is 5.60 Å². The van der Waals surface area contributed by atoms with Gasteiger partial charge in [-0.1, -0.05) is 25.0 Å². The third-order valence-corrected chi connectivity index (χ3v) is 3.96. The van der Waals surface area contributed by atoms with Crippen LogP contribution in [0, 0.1) is 0 Å². The lowest BCUT2D eigenvalue weighted by atomic mass is 10.0. The molecule has 0 atom stereocenters. The third-order valence-electron chi connectivity index (χ3n) is 3.96. The van der Waals surface area contributed by atoms with Crippen molar-refractivity contribution >= 4 is 11.6 Å². The molecule has 0 aliphatic heterocycles. The van der Waals surface area contributed by atoms with Gasteiger partial charge >= 0.3 is 0 Å². The molecule has 1 aliphatic carbocycles. The van der Waals surface area contributed by atoms with E-state index in [9.17, 15) is 9.90 Å². The zero-order valence-corrected chi connectivity index (χ0v) is 12.6. The Morgan fingerprint density at radius 3 is 2.81 bits per heavy atom. The topological polar surface area (TPSA) is 78.6 Å². The fourth-order valence-corrected chi connectivity index (χ4v) is 2.97. The first-order chi connectivity index (χ1) is 10.0. The summed E-state index contributed by atoms with van der Waals surface area (Å²) in [5.41, 5.74) is 6.72. The van der Waals surface area contributed by atoms with Crippen molar-refractivity contribution < 1.29 is 9.90 Å². The van der Waals surface area contributed by atoms with Crippen molar-refractivity contribution in [2.75, 3.05) is 25.5 Å². The highest BCUT2D eigenvalue weighted by Crippen LogP contribution is 2.29. The van der Waals surface area contributed by atoms with Gasteiger partial charge in [0.2, 0.25) is 5.91 Å². The summed E-state index contributed by atoms with van der Waals surface area (Å²) in [4.78, 5) is 13.9. The highest BCUT2D eigenvalue weighted by Gasteiger charge is 2.32. The number of aliphatic hydroxyl groups is 1. The standard InChI is InChI=1S/C16H25N3O2/c1-19(12-16(21)7-2-3-8-16)11-15(20)18-14-6-4-5-13(9-14)10-17/h4-6,9,21H,2-3,7-8,10-12,17H2,1H3,(H,18,20). The molecule has 1 aromatic carbocycles. The molecule has 0 unspecified atom stereocenters. The number of rotatable bonds is 6. The van der Waals surface area contributed by atoms with Crippen molar-refractivity contribution in [2.45, 2.75) is 37.8 Å². The van der Waals surface area contributed by atoms with Crippen LogP contribution >= 0.6 is 0 Å². The van der Waals surface area contributed by atoms with Crippen LogP contribution in [0.4, 0.5) is 5.69 Å². The molecule has 5 nitrogen and oxygen atoms in total. The van der Waals surface area contributed by atoms with Crippen LogP contribution in [-0.4, -0.2) is 41.7 Å². The Morgan fingerprint density at radius 2 is 2.14 bits per heavy atom. The number of anilines is 1. The van der Waals surface area contributed by atoms with Crippen molar-refractivity contribution in [1.29, 1.82) is 0 Å². The largest absolute Gasteiger partial charge is 0.389 e. The summed E-state index contributed by atoms with van der Waals surface area (Å²) in [6.45, 7) is 1.27. The summed E-state index contributed by atoms with van der Waals surface area (Å²) in [7, 11) is 1.87. The Morgan fingerprint density at radius 1 is 1.43 bits per heavy atom. The van der Waals surface area contributed by atoms with Gasteiger partial charge in [-0.05, 0) is 37.6 Å². The van der Waals surface area contributed by atoms with Crippen molar-refractivity contribution in [3.63, 3.8) is 0 Å². The van der Waals surface area contributed by atoms with Gasteiger partial charge in [-0.15, -0.1) is 0 Å². The van der Waals surface area contributed by atoms with Crippen molar-refractivity contribution in [2.24, 2.45) is 5.73 Å². The van der Waals surface area contributed by atoms with E-state index in [-0.39, 0.29) is 12.5 Å². The molecule has 4 N–H and O–H groups in total. The Kier molecular flexibility index (Phi) is 5.33. The Balaban J connectivity index is 1.83. The van der Waals surface area contributed by atoms with Crippen LogP contribution in [0.5, 0.6) is 0 Å². The molecule has 116 valence electrons. The number of hydrogen-bond acceptors (Lipinski definition) is 4. The Bertz CT molecular complexity index is 484. The fraction of sp³-hybridized carbons (Fsp3) is 0.562. The average Bonchev–Trinajstić information content (AvgIpc) is 2.84. The number of carbonyl (C=O) groups excluding carboxylic acids is 1. The highest BCUT2D eigenvalue weighted by molar-refractivity contribution is 5.92. The lowest BCUT2D eigenvalue weighted by Crippen LogP contribution is -2.42. The maximum atomic E-state index is 12.0. The first-order valence-corrected chi connectivity index (χ1v) is 7.50. The van der Waals surface area contributed by atoms with Crippen LogP contribution in [0.1, 0.15) is 31.2 Å². The quantitative estimate of drug-likeness (QED) is 0.738. The summed E-state index contributed by atoms with van der Waals surface area (Å²) in [6, 6.07) is 7.53. The van der Waals surface area contributed by atoms with Gasteiger partial charge in [-0.2, -0.15) is 0 Å². The minimum atomic E-state index is -0.617. The molecule has 0 radical (unpaired) electrons. The van der Waals surface area contributed by atoms with E-state index in [0.29, 0.717) is 13.1 Å². The van der Waals surface area contributed by atoms with Crippen LogP contribution < -0.4 is 11.1 Å². The van der Waals surface area contributed by atoms with Crippen molar-refractivity contribution in [1.82, 2.24) is 4.90 Å². The molecule has 21 heavy (non-hydrogen) atoms. The SMILES string of the molecule is CN(CC(=O)Nc1cccc(CN)c1)CC1(O)CCCC1. The second-order valence-electron chi connectivity index (χ2n) is 6.06. The van der Waals surface area contributed by atoms with Crippen LogP contribution in [0.3, 0.4) is 0 Å². The second kappa shape index (κ2) is 7.02. The van der Waals surface area contributed by atoms with E-state index >= 15 is 0 Å². The number of nitrogens with two attached hydrogens (primary N) is 1. The molecule has 0 bridgehead atoms. The van der Waals surface area contributed by atoms with Gasteiger partial charge < -0.3 is 16.2 Å². The minimum absolute atomic E-state index is 0.0757. The summed E-state index contributed by atoms with van der Waals surface area (Å²) in [5, 5.41) is 13.2. The first-order valence-electron chi connectivity index (χ1n) is 7.50. The van der Waals surface area contributed by atoms with E-state index in [1.807, 2.05) is 36.2 Å². The molecular weight excluding hydrogens is 266 g/mol. The summed E-state index contributed by atoms with van der Waals surface area (Å²) < 4.78 is 0. The van der Waals surface area contributed by atoms with Crippen LogP contribution in [-0.2, 0) is 11.3 Å².